The number of rotatable bonds is 4. The molecule has 1 saturated heterocycles. The summed E-state index contributed by atoms with van der Waals surface area (Å²) in [4.78, 5) is 2.64. The Kier molecular flexibility index (Phi) is 4.26. The fourth-order valence-corrected chi connectivity index (χ4v) is 3.39. The van der Waals surface area contributed by atoms with E-state index in [1.807, 2.05) is 0 Å². The van der Waals surface area contributed by atoms with E-state index in [0.717, 1.165) is 12.3 Å². The van der Waals surface area contributed by atoms with Gasteiger partial charge in [0.05, 0.1) is 0 Å². The van der Waals surface area contributed by atoms with Crippen molar-refractivity contribution in [2.45, 2.75) is 51.9 Å². The molecule has 16 heavy (non-hydrogen) atoms. The molecule has 0 unspecified atom stereocenters. The van der Waals surface area contributed by atoms with Crippen LogP contribution in [0, 0.1) is 11.3 Å². The number of piperidine rings is 1. The molecule has 2 heteroatoms. The molecule has 0 radical (unpaired) electrons. The largest absolute Gasteiger partial charge is 0.396 e. The van der Waals surface area contributed by atoms with Crippen LogP contribution in [-0.4, -0.2) is 36.2 Å². The van der Waals surface area contributed by atoms with E-state index in [4.69, 9.17) is 0 Å². The summed E-state index contributed by atoms with van der Waals surface area (Å²) >= 11 is 0. The minimum atomic E-state index is 0.256. The molecular formula is C14H27NO. The Balaban J connectivity index is 1.75. The van der Waals surface area contributed by atoms with Crippen molar-refractivity contribution in [1.82, 2.24) is 4.90 Å². The summed E-state index contributed by atoms with van der Waals surface area (Å²) in [5.41, 5.74) is 0.256. The van der Waals surface area contributed by atoms with E-state index in [2.05, 4.69) is 11.8 Å². The molecule has 1 aliphatic heterocycles. The van der Waals surface area contributed by atoms with Gasteiger partial charge in [-0.1, -0.05) is 19.8 Å². The van der Waals surface area contributed by atoms with Gasteiger partial charge >= 0.3 is 0 Å². The summed E-state index contributed by atoms with van der Waals surface area (Å²) in [7, 11) is 0. The van der Waals surface area contributed by atoms with Crippen LogP contribution in [-0.2, 0) is 0 Å². The van der Waals surface area contributed by atoms with Crippen molar-refractivity contribution in [2.24, 2.45) is 11.3 Å². The van der Waals surface area contributed by atoms with Gasteiger partial charge in [-0.05, 0) is 56.5 Å². The monoisotopic (exact) mass is 225 g/mol. The quantitative estimate of drug-likeness (QED) is 0.795. The smallest absolute Gasteiger partial charge is 0.0488 e. The van der Waals surface area contributed by atoms with Crippen LogP contribution >= 0.6 is 0 Å². The number of aliphatic hydroxyl groups excluding tert-OH is 1. The minimum Gasteiger partial charge on any atom is -0.396 e. The molecule has 2 fully saturated rings. The van der Waals surface area contributed by atoms with Crippen LogP contribution in [0.25, 0.3) is 0 Å². The zero-order chi connectivity index (χ0) is 11.4. The van der Waals surface area contributed by atoms with Crippen molar-refractivity contribution in [3.63, 3.8) is 0 Å². The lowest BCUT2D eigenvalue weighted by Gasteiger charge is -2.41. The lowest BCUT2D eigenvalue weighted by molar-refractivity contribution is 0.0358. The zero-order valence-corrected chi connectivity index (χ0v) is 10.7. The van der Waals surface area contributed by atoms with Crippen LogP contribution in [0.5, 0.6) is 0 Å². The second-order valence-corrected chi connectivity index (χ2v) is 5.96. The molecule has 1 saturated carbocycles. The molecule has 1 heterocycles. The molecule has 0 amide bonds. The summed E-state index contributed by atoms with van der Waals surface area (Å²) in [5, 5.41) is 9.49. The predicted molar refractivity (Wildman–Crippen MR) is 67.4 cm³/mol. The average Bonchev–Trinajstić information content (AvgIpc) is 2.83. The van der Waals surface area contributed by atoms with E-state index in [-0.39, 0.29) is 5.41 Å². The molecule has 2 aliphatic rings. The highest BCUT2D eigenvalue weighted by Gasteiger charge is 2.33. The van der Waals surface area contributed by atoms with Gasteiger partial charge in [0.25, 0.3) is 0 Å². The summed E-state index contributed by atoms with van der Waals surface area (Å²) in [6.45, 7) is 6.37. The molecule has 1 aliphatic carbocycles. The molecular weight excluding hydrogens is 198 g/mol. The second kappa shape index (κ2) is 5.50. The van der Waals surface area contributed by atoms with Gasteiger partial charge in [0, 0.05) is 13.2 Å². The number of hydrogen-bond donors (Lipinski definition) is 1. The Morgan fingerprint density at radius 1 is 1.19 bits per heavy atom. The fourth-order valence-electron chi connectivity index (χ4n) is 3.39. The average molecular weight is 225 g/mol. The molecule has 94 valence electrons. The summed E-state index contributed by atoms with van der Waals surface area (Å²) in [5.74, 6) is 0.975. The summed E-state index contributed by atoms with van der Waals surface area (Å²) < 4.78 is 0. The number of hydrogen-bond acceptors (Lipinski definition) is 2. The molecule has 0 atom stereocenters. The zero-order valence-electron chi connectivity index (χ0n) is 10.7. The van der Waals surface area contributed by atoms with Gasteiger partial charge in [-0.2, -0.15) is 0 Å². The Hall–Kier alpha value is -0.0800. The van der Waals surface area contributed by atoms with Gasteiger partial charge in [-0.15, -0.1) is 0 Å². The van der Waals surface area contributed by atoms with E-state index < -0.39 is 0 Å². The van der Waals surface area contributed by atoms with Gasteiger partial charge < -0.3 is 10.0 Å². The molecule has 0 aromatic heterocycles. The van der Waals surface area contributed by atoms with E-state index in [9.17, 15) is 5.11 Å². The normalized spacial score (nSPS) is 27.4. The SMILES string of the molecule is CCC1(CO)CCN(CC2CCCC2)CC1. The van der Waals surface area contributed by atoms with Gasteiger partial charge in [0.1, 0.15) is 0 Å². The van der Waals surface area contributed by atoms with Crippen LogP contribution in [0.4, 0.5) is 0 Å². The first-order valence-electron chi connectivity index (χ1n) is 7.11. The summed E-state index contributed by atoms with van der Waals surface area (Å²) in [6.07, 6.45) is 9.35. The molecule has 1 N–H and O–H groups in total. The van der Waals surface area contributed by atoms with Gasteiger partial charge in [0.15, 0.2) is 0 Å². The van der Waals surface area contributed by atoms with Crippen molar-refractivity contribution in [1.29, 1.82) is 0 Å². The number of likely N-dealkylation sites (tertiary alicyclic amines) is 1. The Morgan fingerprint density at radius 2 is 1.81 bits per heavy atom. The van der Waals surface area contributed by atoms with Crippen LogP contribution in [0.3, 0.4) is 0 Å². The molecule has 0 aromatic rings. The molecule has 2 rings (SSSR count). The predicted octanol–water partition coefficient (Wildman–Crippen LogP) is 2.66. The maximum Gasteiger partial charge on any atom is 0.0488 e. The van der Waals surface area contributed by atoms with E-state index in [1.165, 1.54) is 58.2 Å². The van der Waals surface area contributed by atoms with Gasteiger partial charge in [-0.3, -0.25) is 0 Å². The third-order valence-corrected chi connectivity index (χ3v) is 4.99. The molecule has 0 spiro atoms. The van der Waals surface area contributed by atoms with Crippen LogP contribution in [0.2, 0.25) is 0 Å². The van der Waals surface area contributed by atoms with Gasteiger partial charge in [-0.25, -0.2) is 0 Å². The standard InChI is InChI=1S/C14H27NO/c1-2-14(12-16)7-9-15(10-8-14)11-13-5-3-4-6-13/h13,16H,2-12H2,1H3. The van der Waals surface area contributed by atoms with Crippen LogP contribution in [0.15, 0.2) is 0 Å². The summed E-state index contributed by atoms with van der Waals surface area (Å²) in [6, 6.07) is 0. The number of nitrogens with zero attached hydrogens (tertiary/aromatic N) is 1. The highest BCUT2D eigenvalue weighted by Crippen LogP contribution is 2.35. The van der Waals surface area contributed by atoms with E-state index in [0.29, 0.717) is 6.61 Å². The van der Waals surface area contributed by atoms with Gasteiger partial charge in [0.2, 0.25) is 0 Å². The minimum absolute atomic E-state index is 0.256. The Bertz CT molecular complexity index is 197. The fraction of sp³-hybridized carbons (Fsp3) is 1.00. The molecule has 2 nitrogen and oxygen atoms in total. The highest BCUT2D eigenvalue weighted by molar-refractivity contribution is 4.85. The third-order valence-electron chi connectivity index (χ3n) is 4.99. The van der Waals surface area contributed by atoms with Crippen LogP contribution in [0.1, 0.15) is 51.9 Å². The van der Waals surface area contributed by atoms with Crippen LogP contribution < -0.4 is 0 Å². The molecule has 0 aromatic carbocycles. The first kappa shape index (κ1) is 12.4. The van der Waals surface area contributed by atoms with Crippen molar-refractivity contribution in [3.05, 3.63) is 0 Å². The topological polar surface area (TPSA) is 23.5 Å². The number of aliphatic hydroxyl groups is 1. The third kappa shape index (κ3) is 2.78. The first-order chi connectivity index (χ1) is 7.78. The second-order valence-electron chi connectivity index (χ2n) is 5.96. The highest BCUT2D eigenvalue weighted by atomic mass is 16.3. The van der Waals surface area contributed by atoms with E-state index in [1.54, 1.807) is 0 Å². The van der Waals surface area contributed by atoms with E-state index >= 15 is 0 Å². The maximum absolute atomic E-state index is 9.49. The molecule has 0 bridgehead atoms. The van der Waals surface area contributed by atoms with Crippen molar-refractivity contribution >= 4 is 0 Å². The van der Waals surface area contributed by atoms with Crippen molar-refractivity contribution in [2.75, 3.05) is 26.2 Å². The first-order valence-corrected chi connectivity index (χ1v) is 7.11. The maximum atomic E-state index is 9.49. The Labute approximate surface area is 100 Å². The lowest BCUT2D eigenvalue weighted by atomic mass is 9.77. The lowest BCUT2D eigenvalue weighted by Crippen LogP contribution is -2.43. The Morgan fingerprint density at radius 3 is 2.31 bits per heavy atom. The van der Waals surface area contributed by atoms with Crippen molar-refractivity contribution in [3.8, 4) is 0 Å². The van der Waals surface area contributed by atoms with Crippen molar-refractivity contribution < 1.29 is 5.11 Å².